The topological polar surface area (TPSA) is 42.2 Å². The van der Waals surface area contributed by atoms with Crippen LogP contribution in [0.3, 0.4) is 0 Å². The Morgan fingerprint density at radius 2 is 2.40 bits per heavy atom. The number of nitrogens with zero attached hydrogens (tertiary/aromatic N) is 3. The molecule has 1 aliphatic heterocycles. The second kappa shape index (κ2) is 5.93. The molecule has 0 bridgehead atoms. The summed E-state index contributed by atoms with van der Waals surface area (Å²) in [5.41, 5.74) is 0.777. The van der Waals surface area contributed by atoms with E-state index in [-0.39, 0.29) is 10.9 Å². The highest BCUT2D eigenvalue weighted by Crippen LogP contribution is 2.41. The van der Waals surface area contributed by atoms with E-state index in [9.17, 15) is 5.21 Å². The van der Waals surface area contributed by atoms with E-state index in [1.165, 1.54) is 0 Å². The van der Waals surface area contributed by atoms with Crippen LogP contribution in [0.25, 0.3) is 0 Å². The van der Waals surface area contributed by atoms with Crippen molar-refractivity contribution in [2.75, 3.05) is 6.54 Å². The summed E-state index contributed by atoms with van der Waals surface area (Å²) in [6.45, 7) is 8.36. The summed E-state index contributed by atoms with van der Waals surface area (Å²) in [4.78, 5) is 5.92. The highest BCUT2D eigenvalue weighted by Gasteiger charge is 2.49. The normalized spacial score (nSPS) is 22.1. The number of hydroxylamine groups is 1. The fourth-order valence-corrected chi connectivity index (χ4v) is 4.14. The maximum atomic E-state index is 12.5. The lowest BCUT2D eigenvalue weighted by molar-refractivity contribution is -0.523. The van der Waals surface area contributed by atoms with Crippen LogP contribution in [0.5, 0.6) is 0 Å². The third-order valence-corrected chi connectivity index (χ3v) is 4.66. The summed E-state index contributed by atoms with van der Waals surface area (Å²) in [5, 5.41) is 12.5. The lowest BCUT2D eigenvalue weighted by Gasteiger charge is -2.29. The number of hydrogen-bond acceptors (Lipinski definition) is 4. The van der Waals surface area contributed by atoms with Gasteiger partial charge in [0.05, 0.1) is 5.56 Å². The smallest absolute Gasteiger partial charge is 0.254 e. The van der Waals surface area contributed by atoms with Crippen molar-refractivity contribution in [3.05, 3.63) is 48.0 Å². The lowest BCUT2D eigenvalue weighted by Crippen LogP contribution is -2.47. The van der Waals surface area contributed by atoms with Gasteiger partial charge in [0, 0.05) is 18.9 Å². The first-order valence-corrected chi connectivity index (χ1v) is 7.49. The molecule has 0 aromatic carbocycles. The number of rotatable bonds is 4. The molecule has 0 saturated carbocycles. The van der Waals surface area contributed by atoms with Gasteiger partial charge in [0.25, 0.3) is 6.17 Å². The van der Waals surface area contributed by atoms with Gasteiger partial charge in [-0.25, -0.2) is 0 Å². The van der Waals surface area contributed by atoms with E-state index in [1.54, 1.807) is 42.5 Å². The van der Waals surface area contributed by atoms with Crippen molar-refractivity contribution in [3.8, 4) is 0 Å². The van der Waals surface area contributed by atoms with Crippen molar-refractivity contribution in [2.24, 2.45) is 0 Å². The van der Waals surface area contributed by atoms with Gasteiger partial charge in [-0.15, -0.1) is 6.58 Å². The number of aromatic nitrogens is 1. The minimum absolute atomic E-state index is 0.277. The Hall–Kier alpha value is -1.40. The third kappa shape index (κ3) is 3.02. The van der Waals surface area contributed by atoms with Crippen molar-refractivity contribution in [1.82, 2.24) is 9.88 Å². The molecule has 6 heteroatoms. The fraction of sp³-hybridized carbons (Fsp3) is 0.357. The van der Waals surface area contributed by atoms with Gasteiger partial charge >= 0.3 is 0 Å². The van der Waals surface area contributed by atoms with Crippen molar-refractivity contribution in [2.45, 2.75) is 24.8 Å². The van der Waals surface area contributed by atoms with Crippen molar-refractivity contribution in [1.29, 1.82) is 0 Å². The summed E-state index contributed by atoms with van der Waals surface area (Å²) < 4.78 is 1.42. The minimum Gasteiger partial charge on any atom is -0.622 e. The summed E-state index contributed by atoms with van der Waals surface area (Å²) in [6, 6.07) is 3.66. The van der Waals surface area contributed by atoms with Crippen molar-refractivity contribution >= 4 is 34.5 Å². The molecule has 1 aliphatic rings. The molecule has 1 saturated heterocycles. The van der Waals surface area contributed by atoms with E-state index >= 15 is 0 Å². The van der Waals surface area contributed by atoms with E-state index < -0.39 is 0 Å². The largest absolute Gasteiger partial charge is 0.622 e. The molecule has 0 unspecified atom stereocenters. The molecular formula is C14H17N3OS2. The molecule has 1 fully saturated rings. The zero-order valence-corrected chi connectivity index (χ0v) is 13.2. The molecule has 2 rings (SSSR count). The van der Waals surface area contributed by atoms with Gasteiger partial charge in [0.2, 0.25) is 0 Å². The summed E-state index contributed by atoms with van der Waals surface area (Å²) in [6.07, 6.45) is 6.32. The zero-order chi connectivity index (χ0) is 14.8. The van der Waals surface area contributed by atoms with E-state index in [2.05, 4.69) is 11.6 Å². The Morgan fingerprint density at radius 1 is 1.65 bits per heavy atom. The minimum atomic E-state index is -0.349. The number of pyridine rings is 1. The van der Waals surface area contributed by atoms with E-state index in [0.717, 1.165) is 14.6 Å². The summed E-state index contributed by atoms with van der Waals surface area (Å²) in [7, 11) is 0. The first kappa shape index (κ1) is 15.0. The molecular weight excluding hydrogens is 290 g/mol. The first-order chi connectivity index (χ1) is 9.45. The second-order valence-electron chi connectivity index (χ2n) is 5.06. The van der Waals surface area contributed by atoms with Crippen molar-refractivity contribution in [3.63, 3.8) is 0 Å². The van der Waals surface area contributed by atoms with Crippen LogP contribution in [0.4, 0.5) is 0 Å². The molecule has 1 aromatic rings. The van der Waals surface area contributed by atoms with Gasteiger partial charge in [-0.2, -0.15) is 4.74 Å². The maximum absolute atomic E-state index is 12.5. The Balaban J connectivity index is 2.34. The summed E-state index contributed by atoms with van der Waals surface area (Å²) >= 11 is 6.92. The average Bonchev–Trinajstić information content (AvgIpc) is 2.60. The molecule has 0 aliphatic carbocycles. The third-order valence-electron chi connectivity index (χ3n) is 3.03. The van der Waals surface area contributed by atoms with Crippen LogP contribution in [0, 0.1) is 5.21 Å². The van der Waals surface area contributed by atoms with E-state index in [4.69, 9.17) is 12.2 Å². The first-order valence-electron chi connectivity index (χ1n) is 6.26. The van der Waals surface area contributed by atoms with Crippen LogP contribution < -0.4 is 0 Å². The Kier molecular flexibility index (Phi) is 4.45. The number of hydrogen-bond donors (Lipinski definition) is 0. The molecule has 0 radical (unpaired) electrons. The van der Waals surface area contributed by atoms with Gasteiger partial charge < -0.3 is 5.21 Å². The lowest BCUT2D eigenvalue weighted by atomic mass is 10.1. The summed E-state index contributed by atoms with van der Waals surface area (Å²) in [5.74, 6) is 0. The van der Waals surface area contributed by atoms with E-state index in [1.807, 2.05) is 24.8 Å². The molecule has 0 N–H and O–H groups in total. The Morgan fingerprint density at radius 3 is 3.00 bits per heavy atom. The molecule has 0 amide bonds. The molecule has 106 valence electrons. The Bertz CT molecular complexity index is 543. The monoisotopic (exact) mass is 307 g/mol. The highest BCUT2D eigenvalue weighted by atomic mass is 32.2. The average molecular weight is 307 g/mol. The Labute approximate surface area is 128 Å². The predicted molar refractivity (Wildman–Crippen MR) is 88.0 cm³/mol. The van der Waals surface area contributed by atoms with Gasteiger partial charge in [-0.1, -0.05) is 30.1 Å². The molecule has 2 heterocycles. The van der Waals surface area contributed by atoms with Gasteiger partial charge in [-0.05, 0) is 26.0 Å². The quantitative estimate of drug-likeness (QED) is 0.214. The zero-order valence-electron chi connectivity index (χ0n) is 11.5. The standard InChI is InChI=1S/C14H17N3OS2/c1-4-8-16-12(14(2,3)20-13(16)19)17(18)10-11-6-5-7-15-9-11/h4-7,9-10,12H,1,8H2,2-3H3/b17-10-/t12-/m0/s1. The van der Waals surface area contributed by atoms with E-state index in [0.29, 0.717) is 6.54 Å². The fourth-order valence-electron chi connectivity index (χ4n) is 2.24. The molecule has 0 spiro atoms. The van der Waals surface area contributed by atoms with Crippen LogP contribution in [-0.4, -0.2) is 42.6 Å². The number of thioether (sulfide) groups is 1. The SMILES string of the molecule is C=CCN1C(=S)SC(C)(C)[C@@H]1/[N+]([O-])=C/c1cccnc1. The van der Waals surface area contributed by atoms with Crippen LogP contribution in [0.15, 0.2) is 37.2 Å². The van der Waals surface area contributed by atoms with Crippen molar-refractivity contribution < 1.29 is 4.74 Å². The molecule has 4 nitrogen and oxygen atoms in total. The van der Waals surface area contributed by atoms with Gasteiger partial charge in [-0.3, -0.25) is 9.88 Å². The maximum Gasteiger partial charge on any atom is 0.254 e. The van der Waals surface area contributed by atoms with Gasteiger partial charge in [0.15, 0.2) is 6.21 Å². The van der Waals surface area contributed by atoms with Crippen LogP contribution in [0.2, 0.25) is 0 Å². The van der Waals surface area contributed by atoms with Crippen LogP contribution >= 0.6 is 24.0 Å². The molecule has 1 atom stereocenters. The van der Waals surface area contributed by atoms with Crippen LogP contribution in [0.1, 0.15) is 19.4 Å². The molecule has 1 aromatic heterocycles. The second-order valence-corrected chi connectivity index (χ2v) is 7.35. The molecule has 20 heavy (non-hydrogen) atoms. The highest BCUT2D eigenvalue weighted by molar-refractivity contribution is 8.24. The number of thiocarbonyl (C=S) groups is 1. The predicted octanol–water partition coefficient (Wildman–Crippen LogP) is 2.64. The van der Waals surface area contributed by atoms with Gasteiger partial charge in [0.1, 0.15) is 9.07 Å². The van der Waals surface area contributed by atoms with Crippen LogP contribution in [-0.2, 0) is 0 Å².